The predicted molar refractivity (Wildman–Crippen MR) is 86.5 cm³/mol. The van der Waals surface area contributed by atoms with E-state index in [1.54, 1.807) is 6.07 Å². The van der Waals surface area contributed by atoms with Gasteiger partial charge >= 0.3 is 0 Å². The number of amides is 1. The second-order valence-corrected chi connectivity index (χ2v) is 5.33. The highest BCUT2D eigenvalue weighted by Gasteiger charge is 2.04. The average molecular weight is 313 g/mol. The standard InChI is InChI=1S/C15H15N5OS/c21-15(12-3-8-22-10-12)17-5-4-16-13-9-14(19-11-18-13)20-6-1-2-7-20/h1-3,6-11H,4-5H2,(H,17,21)(H,16,18,19). The molecule has 0 aliphatic heterocycles. The Bertz CT molecular complexity index is 724. The quantitative estimate of drug-likeness (QED) is 0.684. The van der Waals surface area contributed by atoms with Crippen LogP contribution in [-0.4, -0.2) is 33.5 Å². The van der Waals surface area contributed by atoms with Crippen molar-refractivity contribution in [3.05, 3.63) is 59.3 Å². The van der Waals surface area contributed by atoms with Gasteiger partial charge in [-0.15, -0.1) is 0 Å². The fraction of sp³-hybridized carbons (Fsp3) is 0.133. The van der Waals surface area contributed by atoms with Crippen LogP contribution in [0.5, 0.6) is 0 Å². The molecule has 0 unspecified atom stereocenters. The number of hydrogen-bond acceptors (Lipinski definition) is 5. The Hall–Kier alpha value is -2.67. The summed E-state index contributed by atoms with van der Waals surface area (Å²) in [6.45, 7) is 1.12. The van der Waals surface area contributed by atoms with Crippen LogP contribution in [0.25, 0.3) is 5.82 Å². The fourth-order valence-electron chi connectivity index (χ4n) is 1.93. The first kappa shape index (κ1) is 14.3. The van der Waals surface area contributed by atoms with Crippen LogP contribution < -0.4 is 10.6 Å². The Kier molecular flexibility index (Phi) is 4.45. The number of rotatable bonds is 6. The predicted octanol–water partition coefficient (Wildman–Crippen LogP) is 2.17. The van der Waals surface area contributed by atoms with Gasteiger partial charge in [0.05, 0.1) is 0 Å². The van der Waals surface area contributed by atoms with Crippen LogP contribution in [0.15, 0.2) is 53.7 Å². The van der Waals surface area contributed by atoms with Gasteiger partial charge in [-0.25, -0.2) is 9.97 Å². The maximum absolute atomic E-state index is 11.8. The number of aromatic nitrogens is 3. The fourth-order valence-corrected chi connectivity index (χ4v) is 2.57. The molecule has 3 rings (SSSR count). The molecule has 112 valence electrons. The van der Waals surface area contributed by atoms with Crippen molar-refractivity contribution in [2.24, 2.45) is 0 Å². The molecule has 22 heavy (non-hydrogen) atoms. The van der Waals surface area contributed by atoms with Crippen molar-refractivity contribution in [2.45, 2.75) is 0 Å². The summed E-state index contributed by atoms with van der Waals surface area (Å²) < 4.78 is 1.91. The Morgan fingerprint density at radius 3 is 2.86 bits per heavy atom. The molecule has 0 aliphatic rings. The lowest BCUT2D eigenvalue weighted by atomic mass is 10.3. The van der Waals surface area contributed by atoms with E-state index in [2.05, 4.69) is 20.6 Å². The second kappa shape index (κ2) is 6.86. The largest absolute Gasteiger partial charge is 0.368 e. The smallest absolute Gasteiger partial charge is 0.252 e. The maximum atomic E-state index is 11.8. The number of carbonyl (C=O) groups excluding carboxylic acids is 1. The minimum absolute atomic E-state index is 0.0567. The molecule has 0 aromatic carbocycles. The van der Waals surface area contributed by atoms with Gasteiger partial charge in [0, 0.05) is 42.5 Å². The Morgan fingerprint density at radius 1 is 1.23 bits per heavy atom. The summed E-state index contributed by atoms with van der Waals surface area (Å²) in [5, 5.41) is 9.74. The summed E-state index contributed by atoms with van der Waals surface area (Å²) in [6, 6.07) is 7.55. The SMILES string of the molecule is O=C(NCCNc1cc(-n2cccc2)ncn1)c1ccsc1. The third kappa shape index (κ3) is 3.50. The van der Waals surface area contributed by atoms with E-state index in [0.717, 1.165) is 11.6 Å². The van der Waals surface area contributed by atoms with Gasteiger partial charge in [0.1, 0.15) is 18.0 Å². The van der Waals surface area contributed by atoms with Crippen LogP contribution in [0, 0.1) is 0 Å². The summed E-state index contributed by atoms with van der Waals surface area (Å²) in [6.07, 6.45) is 5.36. The van der Waals surface area contributed by atoms with Gasteiger partial charge in [-0.3, -0.25) is 4.79 Å². The van der Waals surface area contributed by atoms with E-state index >= 15 is 0 Å². The Morgan fingerprint density at radius 2 is 2.09 bits per heavy atom. The van der Waals surface area contributed by atoms with Crippen molar-refractivity contribution >= 4 is 23.1 Å². The molecule has 7 heteroatoms. The van der Waals surface area contributed by atoms with E-state index in [0.29, 0.717) is 18.7 Å². The number of nitrogens with zero attached hydrogens (tertiary/aromatic N) is 3. The van der Waals surface area contributed by atoms with Crippen molar-refractivity contribution in [3.63, 3.8) is 0 Å². The molecule has 3 heterocycles. The summed E-state index contributed by atoms with van der Waals surface area (Å²) >= 11 is 1.51. The molecule has 3 aromatic heterocycles. The van der Waals surface area contributed by atoms with Crippen LogP contribution in [0.4, 0.5) is 5.82 Å². The number of carbonyl (C=O) groups is 1. The molecular weight excluding hydrogens is 298 g/mol. The van der Waals surface area contributed by atoms with Gasteiger partial charge in [0.15, 0.2) is 0 Å². The van der Waals surface area contributed by atoms with E-state index < -0.39 is 0 Å². The first-order valence-corrected chi connectivity index (χ1v) is 7.77. The van der Waals surface area contributed by atoms with Crippen LogP contribution in [0.3, 0.4) is 0 Å². The first-order valence-electron chi connectivity index (χ1n) is 6.82. The molecule has 2 N–H and O–H groups in total. The third-order valence-corrected chi connectivity index (χ3v) is 3.70. The molecule has 1 amide bonds. The van der Waals surface area contributed by atoms with Gasteiger partial charge in [-0.2, -0.15) is 11.3 Å². The highest BCUT2D eigenvalue weighted by Crippen LogP contribution is 2.08. The highest BCUT2D eigenvalue weighted by atomic mass is 32.1. The lowest BCUT2D eigenvalue weighted by Crippen LogP contribution is -2.28. The minimum atomic E-state index is -0.0567. The molecular formula is C15H15N5OS. The van der Waals surface area contributed by atoms with Gasteiger partial charge in [-0.1, -0.05) is 0 Å². The average Bonchev–Trinajstić information content (AvgIpc) is 3.24. The zero-order valence-corrected chi connectivity index (χ0v) is 12.6. The van der Waals surface area contributed by atoms with Crippen molar-refractivity contribution in [3.8, 4) is 5.82 Å². The Labute approximate surface area is 131 Å². The lowest BCUT2D eigenvalue weighted by Gasteiger charge is -2.08. The van der Waals surface area contributed by atoms with Gasteiger partial charge < -0.3 is 15.2 Å². The number of hydrogen-bond donors (Lipinski definition) is 2. The van der Waals surface area contributed by atoms with Gasteiger partial charge in [-0.05, 0) is 23.6 Å². The second-order valence-electron chi connectivity index (χ2n) is 4.55. The molecule has 0 saturated heterocycles. The van der Waals surface area contributed by atoms with Crippen LogP contribution >= 0.6 is 11.3 Å². The normalized spacial score (nSPS) is 10.4. The molecule has 0 atom stereocenters. The summed E-state index contributed by atoms with van der Waals surface area (Å²) in [7, 11) is 0. The molecule has 6 nitrogen and oxygen atoms in total. The van der Waals surface area contributed by atoms with Gasteiger partial charge in [0.25, 0.3) is 5.91 Å². The van der Waals surface area contributed by atoms with Crippen LogP contribution in [0.1, 0.15) is 10.4 Å². The topological polar surface area (TPSA) is 71.8 Å². The summed E-state index contributed by atoms with van der Waals surface area (Å²) in [5.74, 6) is 1.46. The van der Waals surface area contributed by atoms with Crippen molar-refractivity contribution in [1.82, 2.24) is 19.9 Å². The number of thiophene rings is 1. The van der Waals surface area contributed by atoms with Gasteiger partial charge in [0.2, 0.25) is 0 Å². The molecule has 0 fully saturated rings. The minimum Gasteiger partial charge on any atom is -0.368 e. The first-order chi connectivity index (χ1) is 10.8. The number of anilines is 1. The van der Waals surface area contributed by atoms with Crippen molar-refractivity contribution in [1.29, 1.82) is 0 Å². The lowest BCUT2D eigenvalue weighted by molar-refractivity contribution is 0.0955. The van der Waals surface area contributed by atoms with E-state index in [1.165, 1.54) is 17.7 Å². The highest BCUT2D eigenvalue weighted by molar-refractivity contribution is 7.08. The molecule has 0 bridgehead atoms. The number of nitrogens with one attached hydrogen (secondary N) is 2. The molecule has 0 saturated carbocycles. The third-order valence-electron chi connectivity index (χ3n) is 3.02. The summed E-state index contributed by atoms with van der Waals surface area (Å²) in [5.41, 5.74) is 0.696. The molecule has 0 spiro atoms. The van der Waals surface area contributed by atoms with Crippen LogP contribution in [0.2, 0.25) is 0 Å². The van der Waals surface area contributed by atoms with E-state index in [4.69, 9.17) is 0 Å². The van der Waals surface area contributed by atoms with E-state index in [9.17, 15) is 4.79 Å². The van der Waals surface area contributed by atoms with E-state index in [-0.39, 0.29) is 5.91 Å². The molecule has 0 aliphatic carbocycles. The van der Waals surface area contributed by atoms with Crippen molar-refractivity contribution in [2.75, 3.05) is 18.4 Å². The molecule has 3 aromatic rings. The van der Waals surface area contributed by atoms with E-state index in [1.807, 2.05) is 45.9 Å². The molecule has 0 radical (unpaired) electrons. The Balaban J connectivity index is 1.50. The zero-order chi connectivity index (χ0) is 15.2. The maximum Gasteiger partial charge on any atom is 0.252 e. The monoisotopic (exact) mass is 313 g/mol. The zero-order valence-electron chi connectivity index (χ0n) is 11.8. The van der Waals surface area contributed by atoms with Crippen LogP contribution in [-0.2, 0) is 0 Å². The summed E-state index contributed by atoms with van der Waals surface area (Å²) in [4.78, 5) is 20.2. The van der Waals surface area contributed by atoms with Crippen molar-refractivity contribution < 1.29 is 4.79 Å².